The van der Waals surface area contributed by atoms with Crippen molar-refractivity contribution in [2.24, 2.45) is 0 Å². The number of aromatic carboxylic acids is 1. The van der Waals surface area contributed by atoms with Crippen molar-refractivity contribution >= 4 is 5.97 Å². The van der Waals surface area contributed by atoms with Crippen molar-refractivity contribution < 1.29 is 37.2 Å². The number of rotatable bonds is 1. The number of carboxylic acids is 1. The van der Waals surface area contributed by atoms with Gasteiger partial charge < -0.3 is 5.11 Å². The van der Waals surface area contributed by atoms with Gasteiger partial charge in [-0.25, -0.2) is 4.79 Å². The molecule has 0 bridgehead atoms. The molecule has 0 amide bonds. The van der Waals surface area contributed by atoms with Crippen LogP contribution in [0, 0.1) is 13.8 Å². The van der Waals surface area contributed by atoms with Gasteiger partial charge in [0.2, 0.25) is 0 Å². The van der Waals surface area contributed by atoms with Crippen LogP contribution >= 0.6 is 0 Å². The average Bonchev–Trinajstić information content (AvgIpc) is 1.85. The maximum Gasteiger partial charge on any atom is 0.335 e. The van der Waals surface area contributed by atoms with Crippen molar-refractivity contribution in [3.8, 4) is 0 Å². The monoisotopic (exact) mass is 264 g/mol. The largest absolute Gasteiger partial charge is 0.478 e. The molecule has 0 aliphatic carbocycles. The van der Waals surface area contributed by atoms with E-state index in [0.29, 0.717) is 5.56 Å². The molecule has 0 heterocycles. The van der Waals surface area contributed by atoms with E-state index in [1.165, 1.54) is 0 Å². The first kappa shape index (κ1) is 11.6. The molecule has 0 fully saturated rings. The molecule has 2 nitrogen and oxygen atoms in total. The van der Waals surface area contributed by atoms with Gasteiger partial charge in [0.15, 0.2) is 0 Å². The molecule has 12 heavy (non-hydrogen) atoms. The van der Waals surface area contributed by atoms with Crippen molar-refractivity contribution in [3.05, 3.63) is 34.9 Å². The third-order valence-electron chi connectivity index (χ3n) is 1.61. The Kier molecular flexibility index (Phi) is 4.44. The topological polar surface area (TPSA) is 37.3 Å². The van der Waals surface area contributed by atoms with E-state index in [4.69, 9.17) is 5.11 Å². The fourth-order valence-electron chi connectivity index (χ4n) is 1.05. The quantitative estimate of drug-likeness (QED) is 0.786. The SMILES string of the molecule is Cc1ccc(C(=O)O)c(C)c1.[Cd]. The van der Waals surface area contributed by atoms with Crippen LogP contribution in [0.15, 0.2) is 18.2 Å². The summed E-state index contributed by atoms with van der Waals surface area (Å²) in [6.45, 7) is 3.75. The minimum absolute atomic E-state index is 0. The Bertz CT molecular complexity index is 295. The number of benzene rings is 1. The summed E-state index contributed by atoms with van der Waals surface area (Å²) in [5.41, 5.74) is 2.29. The zero-order valence-electron chi connectivity index (χ0n) is 7.29. The van der Waals surface area contributed by atoms with Crippen LogP contribution in [0.4, 0.5) is 0 Å². The summed E-state index contributed by atoms with van der Waals surface area (Å²) in [5.74, 6) is -0.859. The Labute approximate surface area is 91.8 Å². The summed E-state index contributed by atoms with van der Waals surface area (Å²) in [5, 5.41) is 8.66. The zero-order chi connectivity index (χ0) is 8.43. The molecule has 1 N–H and O–H groups in total. The predicted octanol–water partition coefficient (Wildman–Crippen LogP) is 2.00. The van der Waals surface area contributed by atoms with Crippen LogP contribution in [0.1, 0.15) is 21.5 Å². The minimum Gasteiger partial charge on any atom is -0.478 e. The van der Waals surface area contributed by atoms with Gasteiger partial charge in [-0.15, -0.1) is 0 Å². The van der Waals surface area contributed by atoms with Gasteiger partial charge in [-0.05, 0) is 25.5 Å². The summed E-state index contributed by atoms with van der Waals surface area (Å²) < 4.78 is 0. The molecule has 0 unspecified atom stereocenters. The van der Waals surface area contributed by atoms with E-state index in [1.807, 2.05) is 13.0 Å². The molecule has 0 aliphatic rings. The molecule has 0 aromatic heterocycles. The van der Waals surface area contributed by atoms with E-state index in [2.05, 4.69) is 0 Å². The van der Waals surface area contributed by atoms with Gasteiger partial charge in [-0.3, -0.25) is 0 Å². The Balaban J connectivity index is 0.00000121. The third-order valence-corrected chi connectivity index (χ3v) is 1.61. The molecule has 0 atom stereocenters. The van der Waals surface area contributed by atoms with Crippen LogP contribution in [-0.2, 0) is 27.3 Å². The first-order valence-electron chi connectivity index (χ1n) is 3.42. The molecular formula is C9H10CdO2. The van der Waals surface area contributed by atoms with Crippen molar-refractivity contribution in [3.63, 3.8) is 0 Å². The van der Waals surface area contributed by atoms with Gasteiger partial charge in [0.25, 0.3) is 0 Å². The second kappa shape index (κ2) is 4.59. The average molecular weight is 263 g/mol. The predicted molar refractivity (Wildman–Crippen MR) is 42.9 cm³/mol. The summed E-state index contributed by atoms with van der Waals surface area (Å²) in [6.07, 6.45) is 0. The second-order valence-electron chi connectivity index (χ2n) is 2.62. The molecule has 1 aromatic carbocycles. The van der Waals surface area contributed by atoms with E-state index >= 15 is 0 Å². The van der Waals surface area contributed by atoms with E-state index < -0.39 is 5.97 Å². The molecule has 60 valence electrons. The van der Waals surface area contributed by atoms with E-state index in [-0.39, 0.29) is 27.3 Å². The van der Waals surface area contributed by atoms with Gasteiger partial charge in [0.05, 0.1) is 5.56 Å². The molecule has 0 saturated heterocycles. The van der Waals surface area contributed by atoms with Crippen molar-refractivity contribution in [2.45, 2.75) is 13.8 Å². The van der Waals surface area contributed by atoms with Crippen molar-refractivity contribution in [1.82, 2.24) is 0 Å². The fraction of sp³-hybridized carbons (Fsp3) is 0.222. The molecular weight excluding hydrogens is 253 g/mol. The Morgan fingerprint density at radius 2 is 1.92 bits per heavy atom. The van der Waals surface area contributed by atoms with Gasteiger partial charge in [-0.2, -0.15) is 0 Å². The number of carboxylic acid groups (broad SMARTS) is 1. The van der Waals surface area contributed by atoms with Crippen LogP contribution in [-0.4, -0.2) is 11.1 Å². The number of hydrogen-bond donors (Lipinski definition) is 1. The molecule has 0 saturated carbocycles. The maximum atomic E-state index is 10.5. The molecule has 1 aromatic rings. The fourth-order valence-corrected chi connectivity index (χ4v) is 1.05. The van der Waals surface area contributed by atoms with Crippen LogP contribution < -0.4 is 0 Å². The maximum absolute atomic E-state index is 10.5. The molecule has 1 rings (SSSR count). The Hall–Kier alpha value is -0.388. The number of carbonyl (C=O) groups is 1. The third kappa shape index (κ3) is 2.58. The summed E-state index contributed by atoms with van der Waals surface area (Å²) >= 11 is 0. The molecule has 0 radical (unpaired) electrons. The Morgan fingerprint density at radius 3 is 2.33 bits per heavy atom. The first-order chi connectivity index (χ1) is 5.11. The van der Waals surface area contributed by atoms with Crippen molar-refractivity contribution in [2.75, 3.05) is 0 Å². The summed E-state index contributed by atoms with van der Waals surface area (Å²) in [6, 6.07) is 5.30. The van der Waals surface area contributed by atoms with E-state index in [1.54, 1.807) is 19.1 Å². The van der Waals surface area contributed by atoms with Gasteiger partial charge in [0, 0.05) is 27.3 Å². The minimum atomic E-state index is -0.859. The zero-order valence-corrected chi connectivity index (χ0v) is 11.3. The molecule has 0 aliphatic heterocycles. The molecule has 0 spiro atoms. The van der Waals surface area contributed by atoms with Gasteiger partial charge in [-0.1, -0.05) is 17.7 Å². The smallest absolute Gasteiger partial charge is 0.335 e. The van der Waals surface area contributed by atoms with Gasteiger partial charge in [0.1, 0.15) is 0 Å². The summed E-state index contributed by atoms with van der Waals surface area (Å²) in [7, 11) is 0. The van der Waals surface area contributed by atoms with Crippen LogP contribution in [0.5, 0.6) is 0 Å². The standard InChI is InChI=1S/C9H10O2.Cd/c1-6-3-4-8(9(10)11)7(2)5-6;/h3-5H,1-2H3,(H,10,11);. The second-order valence-corrected chi connectivity index (χ2v) is 2.62. The number of hydrogen-bond acceptors (Lipinski definition) is 1. The van der Waals surface area contributed by atoms with Crippen LogP contribution in [0.2, 0.25) is 0 Å². The number of aryl methyl sites for hydroxylation is 2. The molecule has 3 heteroatoms. The normalized spacial score (nSPS) is 8.83. The first-order valence-corrected chi connectivity index (χ1v) is 3.42. The van der Waals surface area contributed by atoms with Crippen LogP contribution in [0.25, 0.3) is 0 Å². The van der Waals surface area contributed by atoms with E-state index in [9.17, 15) is 4.79 Å². The summed E-state index contributed by atoms with van der Waals surface area (Å²) in [4.78, 5) is 10.5. The van der Waals surface area contributed by atoms with Crippen LogP contribution in [0.3, 0.4) is 0 Å². The van der Waals surface area contributed by atoms with Crippen molar-refractivity contribution in [1.29, 1.82) is 0 Å². The van der Waals surface area contributed by atoms with E-state index in [0.717, 1.165) is 11.1 Å². The Morgan fingerprint density at radius 1 is 1.33 bits per heavy atom. The van der Waals surface area contributed by atoms with Gasteiger partial charge >= 0.3 is 5.97 Å².